The quantitative estimate of drug-likeness (QED) is 0.376. The minimum Gasteiger partial charge on any atom is -0.507 e. The Morgan fingerprint density at radius 3 is 1.61 bits per heavy atom. The lowest BCUT2D eigenvalue weighted by Crippen LogP contribution is -2.26. The van der Waals surface area contributed by atoms with Crippen molar-refractivity contribution in [2.45, 2.75) is 134 Å². The Morgan fingerprint density at radius 1 is 0.711 bits per heavy atom. The van der Waals surface area contributed by atoms with Crippen molar-refractivity contribution in [3.05, 3.63) is 69.8 Å². The van der Waals surface area contributed by atoms with E-state index < -0.39 is 0 Å². The van der Waals surface area contributed by atoms with Crippen molar-refractivity contribution < 1.29 is 10.2 Å². The molecule has 0 heterocycles. The van der Waals surface area contributed by atoms with E-state index in [1.807, 2.05) is 0 Å². The van der Waals surface area contributed by atoms with Gasteiger partial charge in [0.15, 0.2) is 0 Å². The van der Waals surface area contributed by atoms with Crippen LogP contribution in [0.5, 0.6) is 11.5 Å². The first-order valence-electron chi connectivity index (χ1n) is 15.5. The number of phenolic OH excluding ortho intramolecular Hbond substituents is 2. The molecular weight excluding hydrogens is 464 g/mol. The summed E-state index contributed by atoms with van der Waals surface area (Å²) in [7, 11) is 0. The van der Waals surface area contributed by atoms with Gasteiger partial charge in [0.25, 0.3) is 0 Å². The molecule has 0 aromatic heterocycles. The fourth-order valence-corrected chi connectivity index (χ4v) is 8.09. The molecule has 38 heavy (non-hydrogen) atoms. The van der Waals surface area contributed by atoms with Crippen LogP contribution in [-0.2, 0) is 10.8 Å². The Bertz CT molecular complexity index is 1080. The largest absolute Gasteiger partial charge is 0.507 e. The van der Waals surface area contributed by atoms with Gasteiger partial charge in [-0.05, 0) is 82.0 Å². The molecule has 2 nitrogen and oxygen atoms in total. The van der Waals surface area contributed by atoms with Gasteiger partial charge in [0.1, 0.15) is 11.5 Å². The zero-order valence-electron chi connectivity index (χ0n) is 24.4. The number of aryl methyl sites for hydroxylation is 2. The molecule has 1 atom stereocenters. The highest BCUT2D eigenvalue weighted by Crippen LogP contribution is 2.51. The van der Waals surface area contributed by atoms with Crippen LogP contribution < -0.4 is 0 Å². The summed E-state index contributed by atoms with van der Waals surface area (Å²) in [6.45, 7) is 9.09. The van der Waals surface area contributed by atoms with Gasteiger partial charge >= 0.3 is 0 Å². The smallest absolute Gasteiger partial charge is 0.123 e. The molecule has 0 saturated heterocycles. The topological polar surface area (TPSA) is 40.5 Å². The molecular formula is C36H50O2. The van der Waals surface area contributed by atoms with Gasteiger partial charge in [-0.2, -0.15) is 0 Å². The van der Waals surface area contributed by atoms with Crippen molar-refractivity contribution in [1.29, 1.82) is 0 Å². The van der Waals surface area contributed by atoms with Crippen molar-refractivity contribution in [3.8, 4) is 11.5 Å². The van der Waals surface area contributed by atoms with Crippen LogP contribution in [0.3, 0.4) is 0 Å². The lowest BCUT2D eigenvalue weighted by Gasteiger charge is -2.37. The van der Waals surface area contributed by atoms with Gasteiger partial charge in [0.2, 0.25) is 0 Å². The molecule has 3 aliphatic rings. The normalized spacial score (nSPS) is 23.0. The lowest BCUT2D eigenvalue weighted by atomic mass is 9.67. The summed E-state index contributed by atoms with van der Waals surface area (Å²) >= 11 is 0. The maximum atomic E-state index is 12.0. The Labute approximate surface area is 231 Å². The second-order valence-electron chi connectivity index (χ2n) is 13.7. The van der Waals surface area contributed by atoms with Crippen LogP contribution in [0.25, 0.3) is 0 Å². The number of phenols is 2. The summed E-state index contributed by atoms with van der Waals surface area (Å²) in [5, 5.41) is 24.1. The van der Waals surface area contributed by atoms with Crippen molar-refractivity contribution in [2.75, 3.05) is 0 Å². The van der Waals surface area contributed by atoms with Crippen LogP contribution in [0.2, 0.25) is 0 Å². The summed E-state index contributed by atoms with van der Waals surface area (Å²) in [6, 6.07) is 8.93. The van der Waals surface area contributed by atoms with Gasteiger partial charge in [0.05, 0.1) is 0 Å². The minimum absolute atomic E-state index is 0.0109. The van der Waals surface area contributed by atoms with Crippen LogP contribution >= 0.6 is 0 Å². The average Bonchev–Trinajstić information content (AvgIpc) is 2.91. The molecule has 2 fully saturated rings. The van der Waals surface area contributed by atoms with E-state index in [0.29, 0.717) is 17.4 Å². The molecule has 2 aromatic rings. The zero-order valence-corrected chi connectivity index (χ0v) is 24.4. The molecule has 2 saturated carbocycles. The molecule has 0 radical (unpaired) electrons. The van der Waals surface area contributed by atoms with Gasteiger partial charge in [-0.15, -0.1) is 0 Å². The molecule has 0 spiro atoms. The maximum Gasteiger partial charge on any atom is 0.123 e. The predicted octanol–water partition coefficient (Wildman–Crippen LogP) is 10.0. The van der Waals surface area contributed by atoms with Crippen molar-refractivity contribution in [1.82, 2.24) is 0 Å². The number of allylic oxidation sites excluding steroid dienone is 2. The molecule has 2 aromatic carbocycles. The SMILES string of the molecule is Cc1cc(C(CC2CC=CCC2)c2cc(C)cc(C3(C)CCCCC3)c2O)c(O)c(C2(C)CCCCC2)c1. The second-order valence-corrected chi connectivity index (χ2v) is 13.7. The number of aromatic hydroxyl groups is 2. The van der Waals surface area contributed by atoms with Crippen molar-refractivity contribution in [2.24, 2.45) is 5.92 Å². The monoisotopic (exact) mass is 514 g/mol. The van der Waals surface area contributed by atoms with Crippen LogP contribution in [0.4, 0.5) is 0 Å². The number of hydrogen-bond acceptors (Lipinski definition) is 2. The molecule has 2 heteroatoms. The number of rotatable bonds is 6. The van der Waals surface area contributed by atoms with E-state index in [0.717, 1.165) is 67.2 Å². The minimum atomic E-state index is -0.0109. The third-order valence-electron chi connectivity index (χ3n) is 10.5. The van der Waals surface area contributed by atoms with Gasteiger partial charge in [-0.25, -0.2) is 0 Å². The summed E-state index contributed by atoms with van der Waals surface area (Å²) in [4.78, 5) is 0. The Balaban J connectivity index is 1.65. The van der Waals surface area contributed by atoms with E-state index >= 15 is 0 Å². The lowest BCUT2D eigenvalue weighted by molar-refractivity contribution is 0.304. The van der Waals surface area contributed by atoms with Gasteiger partial charge < -0.3 is 10.2 Å². The maximum absolute atomic E-state index is 12.0. The van der Waals surface area contributed by atoms with Crippen LogP contribution in [-0.4, -0.2) is 10.2 Å². The van der Waals surface area contributed by atoms with Crippen LogP contribution in [0.1, 0.15) is 143 Å². The highest BCUT2D eigenvalue weighted by atomic mass is 16.3. The van der Waals surface area contributed by atoms with Gasteiger partial charge in [-0.3, -0.25) is 0 Å². The van der Waals surface area contributed by atoms with Crippen molar-refractivity contribution in [3.63, 3.8) is 0 Å². The summed E-state index contributed by atoms with van der Waals surface area (Å²) in [5.41, 5.74) is 6.82. The van der Waals surface area contributed by atoms with Crippen LogP contribution in [0, 0.1) is 19.8 Å². The van der Waals surface area contributed by atoms with E-state index in [9.17, 15) is 10.2 Å². The van der Waals surface area contributed by atoms with E-state index in [-0.39, 0.29) is 16.7 Å². The number of benzene rings is 2. The Hall–Kier alpha value is -2.22. The van der Waals surface area contributed by atoms with Crippen molar-refractivity contribution >= 4 is 0 Å². The molecule has 0 amide bonds. The molecule has 1 unspecified atom stereocenters. The highest BCUT2D eigenvalue weighted by molar-refractivity contribution is 5.56. The molecule has 0 bridgehead atoms. The van der Waals surface area contributed by atoms with E-state index in [1.54, 1.807) is 0 Å². The standard InChI is InChI=1S/C36H50O2/c1-25-20-29(33(37)31(22-25)35(3)16-10-6-11-17-35)28(24-27-14-8-5-9-15-27)30-21-26(2)23-32(34(30)38)36(4)18-12-7-13-19-36/h5,8,20-23,27-28,37-38H,6-7,9-19,24H2,1-4H3. The third-order valence-corrected chi connectivity index (χ3v) is 10.5. The molecule has 206 valence electrons. The predicted molar refractivity (Wildman–Crippen MR) is 160 cm³/mol. The van der Waals surface area contributed by atoms with Crippen LogP contribution in [0.15, 0.2) is 36.4 Å². The number of hydrogen-bond donors (Lipinski definition) is 2. The Morgan fingerprint density at radius 2 is 1.18 bits per heavy atom. The molecule has 2 N–H and O–H groups in total. The van der Waals surface area contributed by atoms with Gasteiger partial charge in [0, 0.05) is 28.2 Å². The first kappa shape index (κ1) is 27.4. The third kappa shape index (κ3) is 5.43. The fourth-order valence-electron chi connectivity index (χ4n) is 8.09. The molecule has 0 aliphatic heterocycles. The Kier molecular flexibility index (Phi) is 7.99. The van der Waals surface area contributed by atoms with E-state index in [4.69, 9.17) is 0 Å². The van der Waals surface area contributed by atoms with E-state index in [1.165, 1.54) is 56.1 Å². The fraction of sp³-hybridized carbons (Fsp3) is 0.611. The summed E-state index contributed by atoms with van der Waals surface area (Å²) < 4.78 is 0. The molecule has 3 aliphatic carbocycles. The molecule has 5 rings (SSSR count). The first-order chi connectivity index (χ1) is 18.2. The average molecular weight is 515 g/mol. The summed E-state index contributed by atoms with van der Waals surface area (Å²) in [5.74, 6) is 1.53. The van der Waals surface area contributed by atoms with Gasteiger partial charge in [-0.1, -0.05) is 99.9 Å². The first-order valence-corrected chi connectivity index (χ1v) is 15.5. The zero-order chi connectivity index (χ0) is 26.9. The summed E-state index contributed by atoms with van der Waals surface area (Å²) in [6.07, 6.45) is 21.1. The highest BCUT2D eigenvalue weighted by Gasteiger charge is 2.37. The second kappa shape index (κ2) is 11.1. The van der Waals surface area contributed by atoms with E-state index in [2.05, 4.69) is 64.1 Å².